The van der Waals surface area contributed by atoms with Gasteiger partial charge < -0.3 is 9.84 Å². The molecule has 0 aromatic heterocycles. The number of aliphatic hydroxyl groups excluding tert-OH is 1. The molecule has 0 bridgehead atoms. The Labute approximate surface area is 110 Å². The van der Waals surface area contributed by atoms with E-state index >= 15 is 0 Å². The third-order valence-electron chi connectivity index (χ3n) is 2.22. The van der Waals surface area contributed by atoms with Crippen molar-refractivity contribution in [2.24, 2.45) is 5.92 Å². The predicted molar refractivity (Wildman–Crippen MR) is 73.1 cm³/mol. The van der Waals surface area contributed by atoms with Crippen LogP contribution >= 0.6 is 27.7 Å². The standard InChI is InChI=1S/C12H17BrO2S/c1-9(6-14)7-16-8-10-5-11(15-2)3-4-12(10)13/h3-5,9,14H,6-8H2,1-2H3. The highest BCUT2D eigenvalue weighted by Crippen LogP contribution is 2.26. The number of benzene rings is 1. The monoisotopic (exact) mass is 304 g/mol. The van der Waals surface area contributed by atoms with E-state index < -0.39 is 0 Å². The van der Waals surface area contributed by atoms with Crippen LogP contribution in [0.5, 0.6) is 5.75 Å². The summed E-state index contributed by atoms with van der Waals surface area (Å²) in [7, 11) is 1.67. The summed E-state index contributed by atoms with van der Waals surface area (Å²) in [6.45, 7) is 2.31. The highest BCUT2D eigenvalue weighted by atomic mass is 79.9. The Morgan fingerprint density at radius 3 is 2.88 bits per heavy atom. The maximum Gasteiger partial charge on any atom is 0.119 e. The molecule has 1 aromatic rings. The summed E-state index contributed by atoms with van der Waals surface area (Å²) >= 11 is 5.35. The van der Waals surface area contributed by atoms with Crippen molar-refractivity contribution in [3.8, 4) is 5.75 Å². The van der Waals surface area contributed by atoms with E-state index in [4.69, 9.17) is 9.84 Å². The van der Waals surface area contributed by atoms with Gasteiger partial charge in [0, 0.05) is 16.8 Å². The predicted octanol–water partition coefficient (Wildman–Crippen LogP) is 3.32. The van der Waals surface area contributed by atoms with E-state index in [1.54, 1.807) is 7.11 Å². The third-order valence-corrected chi connectivity index (χ3v) is 4.32. The number of aliphatic hydroxyl groups is 1. The van der Waals surface area contributed by atoms with Gasteiger partial charge in [0.2, 0.25) is 0 Å². The summed E-state index contributed by atoms with van der Waals surface area (Å²) in [6.07, 6.45) is 0. The molecule has 0 heterocycles. The molecule has 0 radical (unpaired) electrons. The molecule has 1 aromatic carbocycles. The molecule has 0 aliphatic heterocycles. The topological polar surface area (TPSA) is 29.5 Å². The lowest BCUT2D eigenvalue weighted by Crippen LogP contribution is -2.03. The number of thioether (sulfide) groups is 1. The second kappa shape index (κ2) is 7.20. The molecular formula is C12H17BrO2S. The van der Waals surface area contributed by atoms with Crippen molar-refractivity contribution in [1.29, 1.82) is 0 Å². The summed E-state index contributed by atoms with van der Waals surface area (Å²) in [5.74, 6) is 3.14. The summed E-state index contributed by atoms with van der Waals surface area (Å²) in [5, 5.41) is 8.93. The Balaban J connectivity index is 2.52. The van der Waals surface area contributed by atoms with Crippen LogP contribution in [0, 0.1) is 5.92 Å². The minimum Gasteiger partial charge on any atom is -0.497 e. The molecule has 0 saturated heterocycles. The zero-order valence-electron chi connectivity index (χ0n) is 9.57. The van der Waals surface area contributed by atoms with Gasteiger partial charge in [-0.05, 0) is 35.4 Å². The first-order valence-electron chi connectivity index (χ1n) is 5.18. The minimum atomic E-state index is 0.256. The summed E-state index contributed by atoms with van der Waals surface area (Å²) in [5.41, 5.74) is 1.23. The molecule has 0 spiro atoms. The average Bonchev–Trinajstić information content (AvgIpc) is 2.31. The van der Waals surface area contributed by atoms with Crippen LogP contribution in [0.15, 0.2) is 22.7 Å². The normalized spacial score (nSPS) is 12.5. The Bertz CT molecular complexity index is 331. The maximum absolute atomic E-state index is 8.93. The zero-order valence-corrected chi connectivity index (χ0v) is 12.0. The van der Waals surface area contributed by atoms with Crippen molar-refractivity contribution in [2.45, 2.75) is 12.7 Å². The lowest BCUT2D eigenvalue weighted by atomic mass is 10.2. The SMILES string of the molecule is COc1ccc(Br)c(CSCC(C)CO)c1. The molecule has 2 nitrogen and oxygen atoms in total. The summed E-state index contributed by atoms with van der Waals surface area (Å²) in [4.78, 5) is 0. The molecule has 0 aliphatic carbocycles. The van der Waals surface area contributed by atoms with Gasteiger partial charge in [-0.3, -0.25) is 0 Å². The maximum atomic E-state index is 8.93. The van der Waals surface area contributed by atoms with Gasteiger partial charge >= 0.3 is 0 Å². The molecule has 0 fully saturated rings. The van der Waals surface area contributed by atoms with Crippen molar-refractivity contribution in [1.82, 2.24) is 0 Å². The molecule has 1 atom stereocenters. The van der Waals surface area contributed by atoms with Gasteiger partial charge in [-0.15, -0.1) is 0 Å². The fourth-order valence-electron chi connectivity index (χ4n) is 1.21. The van der Waals surface area contributed by atoms with Gasteiger partial charge in [-0.25, -0.2) is 0 Å². The van der Waals surface area contributed by atoms with Crippen molar-refractivity contribution >= 4 is 27.7 Å². The van der Waals surface area contributed by atoms with Gasteiger partial charge in [-0.2, -0.15) is 11.8 Å². The lowest BCUT2D eigenvalue weighted by molar-refractivity contribution is 0.250. The van der Waals surface area contributed by atoms with Crippen LogP contribution in [0.2, 0.25) is 0 Å². The Hall–Kier alpha value is -0.190. The van der Waals surface area contributed by atoms with Crippen LogP contribution in [-0.4, -0.2) is 24.6 Å². The summed E-state index contributed by atoms with van der Waals surface area (Å²) in [6, 6.07) is 5.99. The van der Waals surface area contributed by atoms with E-state index in [1.807, 2.05) is 36.9 Å². The van der Waals surface area contributed by atoms with E-state index in [-0.39, 0.29) is 6.61 Å². The fraction of sp³-hybridized carbons (Fsp3) is 0.500. The Kier molecular flexibility index (Phi) is 6.24. The minimum absolute atomic E-state index is 0.256. The van der Waals surface area contributed by atoms with Crippen LogP contribution in [0.25, 0.3) is 0 Å². The van der Waals surface area contributed by atoms with Crippen molar-refractivity contribution in [3.05, 3.63) is 28.2 Å². The van der Waals surface area contributed by atoms with Gasteiger partial charge in [-0.1, -0.05) is 22.9 Å². The smallest absolute Gasteiger partial charge is 0.119 e. The molecule has 0 aliphatic rings. The van der Waals surface area contributed by atoms with Gasteiger partial charge in [0.1, 0.15) is 5.75 Å². The fourth-order valence-corrected chi connectivity index (χ4v) is 2.87. The van der Waals surface area contributed by atoms with E-state index in [0.29, 0.717) is 5.92 Å². The number of ether oxygens (including phenoxy) is 1. The van der Waals surface area contributed by atoms with Crippen LogP contribution in [-0.2, 0) is 5.75 Å². The second-order valence-electron chi connectivity index (χ2n) is 3.76. The molecule has 0 amide bonds. The quantitative estimate of drug-likeness (QED) is 0.874. The first-order chi connectivity index (χ1) is 7.67. The van der Waals surface area contributed by atoms with Crippen LogP contribution in [0.1, 0.15) is 12.5 Å². The molecule has 90 valence electrons. The molecular weight excluding hydrogens is 288 g/mol. The van der Waals surface area contributed by atoms with E-state index in [1.165, 1.54) is 5.56 Å². The Morgan fingerprint density at radius 2 is 2.25 bits per heavy atom. The first kappa shape index (κ1) is 13.9. The molecule has 16 heavy (non-hydrogen) atoms. The van der Waals surface area contributed by atoms with E-state index in [9.17, 15) is 0 Å². The van der Waals surface area contributed by atoms with E-state index in [2.05, 4.69) is 15.9 Å². The summed E-state index contributed by atoms with van der Waals surface area (Å²) < 4.78 is 6.30. The first-order valence-corrected chi connectivity index (χ1v) is 7.13. The van der Waals surface area contributed by atoms with Crippen LogP contribution < -0.4 is 4.74 Å². The highest BCUT2D eigenvalue weighted by molar-refractivity contribution is 9.10. The zero-order chi connectivity index (χ0) is 12.0. The largest absolute Gasteiger partial charge is 0.497 e. The molecule has 1 unspecified atom stereocenters. The van der Waals surface area contributed by atoms with Crippen molar-refractivity contribution in [2.75, 3.05) is 19.5 Å². The molecule has 0 saturated carbocycles. The number of methoxy groups -OCH3 is 1. The number of rotatable bonds is 6. The highest BCUT2D eigenvalue weighted by Gasteiger charge is 2.04. The van der Waals surface area contributed by atoms with Crippen molar-refractivity contribution in [3.63, 3.8) is 0 Å². The second-order valence-corrected chi connectivity index (χ2v) is 5.64. The average molecular weight is 305 g/mol. The number of hydrogen-bond acceptors (Lipinski definition) is 3. The molecule has 1 rings (SSSR count). The van der Waals surface area contributed by atoms with Gasteiger partial charge in [0.25, 0.3) is 0 Å². The van der Waals surface area contributed by atoms with Gasteiger partial charge in [0.15, 0.2) is 0 Å². The van der Waals surface area contributed by atoms with E-state index in [0.717, 1.165) is 21.7 Å². The lowest BCUT2D eigenvalue weighted by Gasteiger charge is -2.09. The van der Waals surface area contributed by atoms with Crippen LogP contribution in [0.3, 0.4) is 0 Å². The third kappa shape index (κ3) is 4.36. The van der Waals surface area contributed by atoms with Crippen molar-refractivity contribution < 1.29 is 9.84 Å². The Morgan fingerprint density at radius 1 is 1.50 bits per heavy atom. The number of halogens is 1. The van der Waals surface area contributed by atoms with Gasteiger partial charge in [0.05, 0.1) is 7.11 Å². The molecule has 4 heteroatoms. The number of hydrogen-bond donors (Lipinski definition) is 1. The molecule has 1 N–H and O–H groups in total. The van der Waals surface area contributed by atoms with Crippen LogP contribution in [0.4, 0.5) is 0 Å².